The number of benzene rings is 1. The van der Waals surface area contributed by atoms with E-state index in [1.807, 2.05) is 6.92 Å². The highest BCUT2D eigenvalue weighted by atomic mass is 16.1. The fraction of sp³-hybridized carbons (Fsp3) is 0.0769. The van der Waals surface area contributed by atoms with E-state index in [1.54, 1.807) is 36.5 Å². The molecule has 0 atom stereocenters. The number of hydrogen-bond donors (Lipinski definition) is 1. The van der Waals surface area contributed by atoms with Crippen LogP contribution in [-0.2, 0) is 0 Å². The van der Waals surface area contributed by atoms with E-state index in [0.29, 0.717) is 5.56 Å². The molecule has 2 rings (SSSR count). The lowest BCUT2D eigenvalue weighted by Crippen LogP contribution is -2.17. The Bertz CT molecular complexity index is 629. The van der Waals surface area contributed by atoms with Crippen molar-refractivity contribution in [1.29, 1.82) is 0 Å². The largest absolute Gasteiger partial charge is 0.366 e. The number of nitrogens with two attached hydrogens (primary N) is 1. The SMILES string of the molecule is Cc1cc(C(N)=O)ccc1-n1ccccc1=O. The predicted molar refractivity (Wildman–Crippen MR) is 65.3 cm³/mol. The average Bonchev–Trinajstić information content (AvgIpc) is 2.30. The van der Waals surface area contributed by atoms with E-state index in [2.05, 4.69) is 0 Å². The van der Waals surface area contributed by atoms with E-state index in [4.69, 9.17) is 5.73 Å². The number of aromatic nitrogens is 1. The summed E-state index contributed by atoms with van der Waals surface area (Å²) in [4.78, 5) is 22.7. The zero-order valence-electron chi connectivity index (χ0n) is 9.38. The third-order valence-electron chi connectivity index (χ3n) is 2.56. The molecule has 86 valence electrons. The van der Waals surface area contributed by atoms with Crippen LogP contribution in [0.3, 0.4) is 0 Å². The summed E-state index contributed by atoms with van der Waals surface area (Å²) in [5.41, 5.74) is 7.10. The third-order valence-corrected chi connectivity index (χ3v) is 2.56. The van der Waals surface area contributed by atoms with Gasteiger partial charge in [0.1, 0.15) is 0 Å². The minimum atomic E-state index is -0.472. The van der Waals surface area contributed by atoms with Crippen LogP contribution in [0.15, 0.2) is 47.4 Å². The maximum Gasteiger partial charge on any atom is 0.255 e. The molecule has 4 nitrogen and oxygen atoms in total. The van der Waals surface area contributed by atoms with Gasteiger partial charge in [-0.25, -0.2) is 0 Å². The number of carbonyl (C=O) groups excluding carboxylic acids is 1. The molecule has 1 aromatic heterocycles. The summed E-state index contributed by atoms with van der Waals surface area (Å²) in [5, 5.41) is 0. The van der Waals surface area contributed by atoms with Crippen molar-refractivity contribution in [3.63, 3.8) is 0 Å². The Morgan fingerprint density at radius 1 is 1.24 bits per heavy atom. The van der Waals surface area contributed by atoms with Crippen LogP contribution in [0.1, 0.15) is 15.9 Å². The van der Waals surface area contributed by atoms with Crippen molar-refractivity contribution in [1.82, 2.24) is 4.57 Å². The quantitative estimate of drug-likeness (QED) is 0.840. The van der Waals surface area contributed by atoms with Gasteiger partial charge in [0.2, 0.25) is 5.91 Å². The number of nitrogens with zero attached hydrogens (tertiary/aromatic N) is 1. The molecule has 1 aromatic carbocycles. The number of primary amides is 1. The zero-order valence-corrected chi connectivity index (χ0v) is 9.38. The van der Waals surface area contributed by atoms with Crippen molar-refractivity contribution in [2.45, 2.75) is 6.92 Å². The standard InChI is InChI=1S/C13H12N2O2/c1-9-8-10(13(14)17)5-6-11(9)15-7-3-2-4-12(15)16/h2-8H,1H3,(H2,14,17). The number of carbonyl (C=O) groups is 1. The van der Waals surface area contributed by atoms with Crippen LogP contribution in [0.4, 0.5) is 0 Å². The molecule has 0 spiro atoms. The summed E-state index contributed by atoms with van der Waals surface area (Å²) in [6, 6.07) is 9.97. The van der Waals surface area contributed by atoms with E-state index in [9.17, 15) is 9.59 Å². The van der Waals surface area contributed by atoms with Gasteiger partial charge < -0.3 is 5.73 Å². The summed E-state index contributed by atoms with van der Waals surface area (Å²) >= 11 is 0. The van der Waals surface area contributed by atoms with Gasteiger partial charge in [0.25, 0.3) is 5.56 Å². The van der Waals surface area contributed by atoms with E-state index in [0.717, 1.165) is 11.3 Å². The van der Waals surface area contributed by atoms with Crippen LogP contribution < -0.4 is 11.3 Å². The number of amides is 1. The Balaban J connectivity index is 2.59. The maximum atomic E-state index is 11.7. The summed E-state index contributed by atoms with van der Waals surface area (Å²) in [6.45, 7) is 1.83. The second kappa shape index (κ2) is 4.25. The fourth-order valence-corrected chi connectivity index (χ4v) is 1.71. The van der Waals surface area contributed by atoms with Gasteiger partial charge in [-0.3, -0.25) is 14.2 Å². The van der Waals surface area contributed by atoms with Crippen molar-refractivity contribution >= 4 is 5.91 Å². The molecule has 0 saturated heterocycles. The van der Waals surface area contributed by atoms with Crippen molar-refractivity contribution in [2.75, 3.05) is 0 Å². The lowest BCUT2D eigenvalue weighted by atomic mass is 10.1. The third kappa shape index (κ3) is 2.10. The molecule has 0 bridgehead atoms. The van der Waals surface area contributed by atoms with Gasteiger partial charge in [-0.2, -0.15) is 0 Å². The topological polar surface area (TPSA) is 65.1 Å². The van der Waals surface area contributed by atoms with Crippen LogP contribution in [-0.4, -0.2) is 10.5 Å². The van der Waals surface area contributed by atoms with Gasteiger partial charge in [-0.15, -0.1) is 0 Å². The first-order valence-electron chi connectivity index (χ1n) is 5.18. The number of aryl methyl sites for hydroxylation is 1. The molecule has 2 aromatic rings. The van der Waals surface area contributed by atoms with E-state index in [-0.39, 0.29) is 5.56 Å². The highest BCUT2D eigenvalue weighted by molar-refractivity contribution is 5.93. The maximum absolute atomic E-state index is 11.7. The summed E-state index contributed by atoms with van der Waals surface area (Å²) < 4.78 is 1.53. The summed E-state index contributed by atoms with van der Waals surface area (Å²) in [6.07, 6.45) is 1.69. The van der Waals surface area contributed by atoms with E-state index in [1.165, 1.54) is 10.6 Å². The molecule has 0 saturated carbocycles. The predicted octanol–water partition coefficient (Wildman–Crippen LogP) is 1.24. The second-order valence-electron chi connectivity index (χ2n) is 3.77. The molecule has 0 fully saturated rings. The summed E-state index contributed by atoms with van der Waals surface area (Å²) in [5.74, 6) is -0.472. The van der Waals surface area contributed by atoms with Crippen LogP contribution in [0, 0.1) is 6.92 Å². The Morgan fingerprint density at radius 2 is 2.00 bits per heavy atom. The lowest BCUT2D eigenvalue weighted by Gasteiger charge is -2.09. The smallest absolute Gasteiger partial charge is 0.255 e. The first kappa shape index (κ1) is 11.1. The van der Waals surface area contributed by atoms with E-state index >= 15 is 0 Å². The van der Waals surface area contributed by atoms with Crippen LogP contribution >= 0.6 is 0 Å². The van der Waals surface area contributed by atoms with Crippen LogP contribution in [0.25, 0.3) is 5.69 Å². The van der Waals surface area contributed by atoms with Crippen molar-refractivity contribution in [3.05, 3.63) is 64.1 Å². The molecular formula is C13H12N2O2. The lowest BCUT2D eigenvalue weighted by molar-refractivity contribution is 0.1000. The molecule has 1 amide bonds. The second-order valence-corrected chi connectivity index (χ2v) is 3.77. The first-order chi connectivity index (χ1) is 8.09. The van der Waals surface area contributed by atoms with Gasteiger partial charge >= 0.3 is 0 Å². The molecular weight excluding hydrogens is 216 g/mol. The molecule has 4 heteroatoms. The molecule has 0 aliphatic carbocycles. The molecule has 0 aliphatic rings. The molecule has 0 radical (unpaired) electrons. The minimum absolute atomic E-state index is 0.109. The van der Waals surface area contributed by atoms with Gasteiger partial charge in [0.15, 0.2) is 0 Å². The van der Waals surface area contributed by atoms with E-state index < -0.39 is 5.91 Å². The van der Waals surface area contributed by atoms with Crippen molar-refractivity contribution in [2.24, 2.45) is 5.73 Å². The number of rotatable bonds is 2. The fourth-order valence-electron chi connectivity index (χ4n) is 1.71. The zero-order chi connectivity index (χ0) is 12.4. The molecule has 0 unspecified atom stereocenters. The molecule has 2 N–H and O–H groups in total. The number of pyridine rings is 1. The van der Waals surface area contributed by atoms with Crippen LogP contribution in [0.2, 0.25) is 0 Å². The van der Waals surface area contributed by atoms with Crippen molar-refractivity contribution in [3.8, 4) is 5.69 Å². The Morgan fingerprint density at radius 3 is 2.59 bits per heavy atom. The summed E-state index contributed by atoms with van der Waals surface area (Å²) in [7, 11) is 0. The molecule has 1 heterocycles. The highest BCUT2D eigenvalue weighted by Crippen LogP contribution is 2.13. The average molecular weight is 228 g/mol. The van der Waals surface area contributed by atoms with Crippen molar-refractivity contribution < 1.29 is 4.79 Å². The van der Waals surface area contributed by atoms with Crippen LogP contribution in [0.5, 0.6) is 0 Å². The normalized spacial score (nSPS) is 10.2. The molecule has 0 aliphatic heterocycles. The minimum Gasteiger partial charge on any atom is -0.366 e. The van der Waals surface area contributed by atoms with Gasteiger partial charge in [0, 0.05) is 17.8 Å². The van der Waals surface area contributed by atoms with Gasteiger partial charge in [0.05, 0.1) is 5.69 Å². The van der Waals surface area contributed by atoms with Gasteiger partial charge in [-0.1, -0.05) is 6.07 Å². The van der Waals surface area contributed by atoms with Gasteiger partial charge in [-0.05, 0) is 36.8 Å². The number of hydrogen-bond acceptors (Lipinski definition) is 2. The molecule has 17 heavy (non-hydrogen) atoms. The highest BCUT2D eigenvalue weighted by Gasteiger charge is 2.06. The monoisotopic (exact) mass is 228 g/mol. The Labute approximate surface area is 98.3 Å². The Kier molecular flexibility index (Phi) is 2.78. The Hall–Kier alpha value is -2.36. The first-order valence-corrected chi connectivity index (χ1v) is 5.18.